The van der Waals surface area contributed by atoms with Gasteiger partial charge >= 0.3 is 0 Å². The third-order valence-corrected chi connectivity index (χ3v) is 4.03. The number of nitro groups is 1. The Morgan fingerprint density at radius 1 is 1.38 bits per heavy atom. The molecular formula is C14H21N3O3S. The Labute approximate surface area is 129 Å². The van der Waals surface area contributed by atoms with Gasteiger partial charge in [0.2, 0.25) is 0 Å². The van der Waals surface area contributed by atoms with E-state index >= 15 is 0 Å². The highest BCUT2D eigenvalue weighted by atomic mass is 32.2. The van der Waals surface area contributed by atoms with Crippen molar-refractivity contribution in [3.05, 3.63) is 33.9 Å². The summed E-state index contributed by atoms with van der Waals surface area (Å²) in [5, 5.41) is 13.8. The quantitative estimate of drug-likeness (QED) is 0.453. The van der Waals surface area contributed by atoms with Crippen molar-refractivity contribution in [3.8, 4) is 0 Å². The second-order valence-corrected chi connectivity index (χ2v) is 5.27. The Hall–Kier alpha value is -1.60. The van der Waals surface area contributed by atoms with Crippen LogP contribution in [0.25, 0.3) is 0 Å². The minimum absolute atomic E-state index is 0.0288. The maximum Gasteiger partial charge on any atom is 0.283 e. The molecule has 21 heavy (non-hydrogen) atoms. The fourth-order valence-electron chi connectivity index (χ4n) is 1.94. The van der Waals surface area contributed by atoms with Crippen molar-refractivity contribution in [2.75, 3.05) is 32.4 Å². The second-order valence-electron chi connectivity index (χ2n) is 4.43. The summed E-state index contributed by atoms with van der Waals surface area (Å²) in [5.41, 5.74) is 0.290. The summed E-state index contributed by atoms with van der Waals surface area (Å²) in [6.07, 6.45) is 1.77. The predicted octanol–water partition coefficient (Wildman–Crippen LogP) is 2.39. The molecule has 6 nitrogen and oxygen atoms in total. The van der Waals surface area contributed by atoms with E-state index in [1.54, 1.807) is 18.4 Å². The van der Waals surface area contributed by atoms with Gasteiger partial charge in [0.25, 0.3) is 11.6 Å². The summed E-state index contributed by atoms with van der Waals surface area (Å²) in [4.78, 5) is 25.3. The highest BCUT2D eigenvalue weighted by molar-refractivity contribution is 7.98. The van der Waals surface area contributed by atoms with E-state index in [2.05, 4.69) is 24.1 Å². The fraction of sp³-hybridized carbons (Fsp3) is 0.500. The lowest BCUT2D eigenvalue weighted by atomic mass is 10.2. The standard InChI is InChI=1S/C14H21N3O3S/c1-4-16(5-2)9-8-15-14(18)11-6-7-13(21-3)12(10-11)17(19)20/h6-7,10H,4-5,8-9H2,1-3H3,(H,15,18). The average molecular weight is 311 g/mol. The van der Waals surface area contributed by atoms with Gasteiger partial charge < -0.3 is 10.2 Å². The minimum atomic E-state index is -0.460. The van der Waals surface area contributed by atoms with Crippen LogP contribution >= 0.6 is 11.8 Å². The van der Waals surface area contributed by atoms with Gasteiger partial charge in [0.1, 0.15) is 0 Å². The second kappa shape index (κ2) is 8.63. The number of carbonyl (C=O) groups is 1. The molecule has 1 aromatic carbocycles. The number of likely N-dealkylation sites (N-methyl/N-ethyl adjacent to an activating group) is 1. The van der Waals surface area contributed by atoms with Crippen LogP contribution in [-0.2, 0) is 0 Å². The SMILES string of the molecule is CCN(CC)CCNC(=O)c1ccc(SC)c([N+](=O)[O-])c1. The molecule has 1 rings (SSSR count). The van der Waals surface area contributed by atoms with Crippen LogP contribution in [0.5, 0.6) is 0 Å². The Morgan fingerprint density at radius 2 is 2.05 bits per heavy atom. The smallest absolute Gasteiger partial charge is 0.283 e. The summed E-state index contributed by atoms with van der Waals surface area (Å²) in [7, 11) is 0. The number of thioether (sulfide) groups is 1. The van der Waals surface area contributed by atoms with Gasteiger partial charge in [-0.3, -0.25) is 14.9 Å². The highest BCUT2D eigenvalue weighted by Gasteiger charge is 2.16. The van der Waals surface area contributed by atoms with Crippen molar-refractivity contribution in [2.24, 2.45) is 0 Å². The van der Waals surface area contributed by atoms with Crippen LogP contribution in [0.15, 0.2) is 23.1 Å². The van der Waals surface area contributed by atoms with Crippen LogP contribution in [0.2, 0.25) is 0 Å². The molecule has 1 N–H and O–H groups in total. The van der Waals surface area contributed by atoms with Gasteiger partial charge in [-0.1, -0.05) is 13.8 Å². The number of amides is 1. The van der Waals surface area contributed by atoms with Crippen molar-refractivity contribution < 1.29 is 9.72 Å². The summed E-state index contributed by atoms with van der Waals surface area (Å²) < 4.78 is 0. The lowest BCUT2D eigenvalue weighted by Crippen LogP contribution is -2.34. The zero-order valence-corrected chi connectivity index (χ0v) is 13.4. The Kier molecular flexibility index (Phi) is 7.18. The van der Waals surface area contributed by atoms with Crippen molar-refractivity contribution >= 4 is 23.4 Å². The largest absolute Gasteiger partial charge is 0.351 e. The van der Waals surface area contributed by atoms with Crippen molar-refractivity contribution in [1.82, 2.24) is 10.2 Å². The molecule has 7 heteroatoms. The van der Waals surface area contributed by atoms with Gasteiger partial charge in [0.05, 0.1) is 9.82 Å². The van der Waals surface area contributed by atoms with E-state index in [9.17, 15) is 14.9 Å². The monoisotopic (exact) mass is 311 g/mol. The van der Waals surface area contributed by atoms with Gasteiger partial charge in [-0.05, 0) is 31.5 Å². The molecule has 0 aromatic heterocycles. The Balaban J connectivity index is 2.70. The molecule has 0 bridgehead atoms. The van der Waals surface area contributed by atoms with E-state index in [4.69, 9.17) is 0 Å². The summed E-state index contributed by atoms with van der Waals surface area (Å²) in [5.74, 6) is -0.280. The topological polar surface area (TPSA) is 75.5 Å². The summed E-state index contributed by atoms with van der Waals surface area (Å²) in [6.45, 7) is 7.29. The van der Waals surface area contributed by atoms with Crippen LogP contribution in [0.3, 0.4) is 0 Å². The molecule has 116 valence electrons. The van der Waals surface area contributed by atoms with E-state index in [0.29, 0.717) is 17.0 Å². The maximum absolute atomic E-state index is 12.0. The van der Waals surface area contributed by atoms with Crippen LogP contribution in [-0.4, -0.2) is 48.2 Å². The lowest BCUT2D eigenvalue weighted by molar-refractivity contribution is -0.387. The van der Waals surface area contributed by atoms with Gasteiger partial charge in [0.15, 0.2) is 0 Å². The molecule has 1 amide bonds. The van der Waals surface area contributed by atoms with Gasteiger partial charge in [-0.2, -0.15) is 0 Å². The minimum Gasteiger partial charge on any atom is -0.351 e. The number of nitrogens with zero attached hydrogens (tertiary/aromatic N) is 2. The number of nitro benzene ring substituents is 1. The summed E-state index contributed by atoms with van der Waals surface area (Å²) >= 11 is 1.29. The normalized spacial score (nSPS) is 10.7. The first-order valence-electron chi connectivity index (χ1n) is 6.86. The molecule has 0 radical (unpaired) electrons. The third-order valence-electron chi connectivity index (χ3n) is 3.25. The zero-order chi connectivity index (χ0) is 15.8. The first kappa shape index (κ1) is 17.5. The van der Waals surface area contributed by atoms with Crippen molar-refractivity contribution in [1.29, 1.82) is 0 Å². The van der Waals surface area contributed by atoms with Gasteiger partial charge in [0, 0.05) is 24.7 Å². The first-order valence-corrected chi connectivity index (χ1v) is 8.08. The van der Waals surface area contributed by atoms with Crippen molar-refractivity contribution in [3.63, 3.8) is 0 Å². The number of rotatable bonds is 8. The first-order chi connectivity index (χ1) is 10.0. The molecular weight excluding hydrogens is 290 g/mol. The molecule has 0 atom stereocenters. The van der Waals surface area contributed by atoms with E-state index < -0.39 is 4.92 Å². The van der Waals surface area contributed by atoms with Crippen LogP contribution < -0.4 is 5.32 Å². The average Bonchev–Trinajstić information content (AvgIpc) is 2.50. The third kappa shape index (κ3) is 5.02. The van der Waals surface area contributed by atoms with E-state index in [0.717, 1.165) is 19.6 Å². The van der Waals surface area contributed by atoms with E-state index in [1.807, 2.05) is 0 Å². The molecule has 0 unspecified atom stereocenters. The van der Waals surface area contributed by atoms with E-state index in [1.165, 1.54) is 17.8 Å². The van der Waals surface area contributed by atoms with Crippen LogP contribution in [0.1, 0.15) is 24.2 Å². The maximum atomic E-state index is 12.0. The molecule has 0 aliphatic heterocycles. The Bertz CT molecular complexity index is 504. The number of benzene rings is 1. The molecule has 0 saturated carbocycles. The van der Waals surface area contributed by atoms with Crippen LogP contribution in [0, 0.1) is 10.1 Å². The predicted molar refractivity (Wildman–Crippen MR) is 85.0 cm³/mol. The van der Waals surface area contributed by atoms with Crippen molar-refractivity contribution in [2.45, 2.75) is 18.7 Å². The fourth-order valence-corrected chi connectivity index (χ4v) is 2.49. The molecule has 0 heterocycles. The summed E-state index contributed by atoms with van der Waals surface area (Å²) in [6, 6.07) is 4.56. The molecule has 0 fully saturated rings. The van der Waals surface area contributed by atoms with Crippen LogP contribution in [0.4, 0.5) is 5.69 Å². The molecule has 0 saturated heterocycles. The number of hydrogen-bond acceptors (Lipinski definition) is 5. The number of nitrogens with one attached hydrogen (secondary N) is 1. The number of carbonyl (C=O) groups excluding carboxylic acids is 1. The van der Waals surface area contributed by atoms with Gasteiger partial charge in [-0.25, -0.2) is 0 Å². The van der Waals surface area contributed by atoms with Gasteiger partial charge in [-0.15, -0.1) is 11.8 Å². The van der Waals surface area contributed by atoms with E-state index in [-0.39, 0.29) is 11.6 Å². The molecule has 1 aromatic rings. The zero-order valence-electron chi connectivity index (χ0n) is 12.6. The Morgan fingerprint density at radius 3 is 2.57 bits per heavy atom. The molecule has 0 spiro atoms. The molecule has 0 aliphatic carbocycles. The highest BCUT2D eigenvalue weighted by Crippen LogP contribution is 2.28. The lowest BCUT2D eigenvalue weighted by Gasteiger charge is -2.17. The molecule has 0 aliphatic rings. The number of hydrogen-bond donors (Lipinski definition) is 1.